The van der Waals surface area contributed by atoms with E-state index in [4.69, 9.17) is 0 Å². The molecular formula is C10H13F. The molecule has 11 heavy (non-hydrogen) atoms. The van der Waals surface area contributed by atoms with E-state index in [1.54, 1.807) is 12.2 Å². The van der Waals surface area contributed by atoms with Crippen LogP contribution in [0.3, 0.4) is 0 Å². The van der Waals surface area contributed by atoms with E-state index >= 15 is 0 Å². The molecule has 0 heterocycles. The van der Waals surface area contributed by atoms with Crippen LogP contribution >= 0.6 is 0 Å². The zero-order valence-electron chi connectivity index (χ0n) is 6.76. The van der Waals surface area contributed by atoms with Gasteiger partial charge in [-0.1, -0.05) is 31.6 Å². The van der Waals surface area contributed by atoms with E-state index < -0.39 is 0 Å². The maximum absolute atomic E-state index is 12.8. The molecule has 0 aromatic heterocycles. The van der Waals surface area contributed by atoms with Crippen molar-refractivity contribution in [1.82, 2.24) is 0 Å². The van der Waals surface area contributed by atoms with Crippen LogP contribution in [-0.2, 0) is 0 Å². The molecule has 0 spiro atoms. The summed E-state index contributed by atoms with van der Waals surface area (Å²) < 4.78 is 12.8. The summed E-state index contributed by atoms with van der Waals surface area (Å²) in [6.45, 7) is 2.11. The summed E-state index contributed by atoms with van der Waals surface area (Å²) >= 11 is 0. The Balaban J connectivity index is 2.61. The van der Waals surface area contributed by atoms with Gasteiger partial charge in [0.15, 0.2) is 0 Å². The van der Waals surface area contributed by atoms with Crippen molar-refractivity contribution in [3.63, 3.8) is 0 Å². The first-order valence-electron chi connectivity index (χ1n) is 4.05. The van der Waals surface area contributed by atoms with Crippen LogP contribution < -0.4 is 0 Å². The fraction of sp³-hybridized carbons (Fsp3) is 0.400. The lowest BCUT2D eigenvalue weighted by molar-refractivity contribution is 0.627. The number of hydrogen-bond donors (Lipinski definition) is 0. The summed E-state index contributed by atoms with van der Waals surface area (Å²) in [5.74, 6) is 0.170. The van der Waals surface area contributed by atoms with Crippen molar-refractivity contribution in [2.45, 2.75) is 19.8 Å². The third-order valence-corrected chi connectivity index (χ3v) is 1.72. The van der Waals surface area contributed by atoms with E-state index in [2.05, 4.69) is 6.92 Å². The minimum absolute atomic E-state index is 0.117. The Morgan fingerprint density at radius 3 is 3.00 bits per heavy atom. The fourth-order valence-electron chi connectivity index (χ4n) is 1.18. The van der Waals surface area contributed by atoms with Crippen molar-refractivity contribution in [3.05, 3.63) is 36.2 Å². The lowest BCUT2D eigenvalue weighted by Gasteiger charge is -2.02. The molecule has 60 valence electrons. The summed E-state index contributed by atoms with van der Waals surface area (Å²) in [7, 11) is 0. The van der Waals surface area contributed by atoms with Gasteiger partial charge >= 0.3 is 0 Å². The Hall–Kier alpha value is -0.850. The molecule has 1 atom stereocenters. The Labute approximate surface area is 67.1 Å². The minimum Gasteiger partial charge on any atom is -0.207 e. The highest BCUT2D eigenvalue weighted by Gasteiger charge is 2.02. The molecule has 0 nitrogen and oxygen atoms in total. The maximum Gasteiger partial charge on any atom is 0.119 e. The average molecular weight is 152 g/mol. The van der Waals surface area contributed by atoms with Gasteiger partial charge in [-0.15, -0.1) is 0 Å². The maximum atomic E-state index is 12.8. The van der Waals surface area contributed by atoms with Crippen molar-refractivity contribution in [3.8, 4) is 0 Å². The standard InChI is InChI=1S/C10H13F/c1-2-5-9-6-3-4-7-10(11)8-9/h3-4,6-9H,2,5H2,1H3. The van der Waals surface area contributed by atoms with Crippen LogP contribution in [0, 0.1) is 5.92 Å². The SMILES string of the molecule is CCCC1C=CC=CC(F)=C1. The Morgan fingerprint density at radius 1 is 1.45 bits per heavy atom. The van der Waals surface area contributed by atoms with E-state index in [0.29, 0.717) is 0 Å². The van der Waals surface area contributed by atoms with E-state index in [-0.39, 0.29) is 11.7 Å². The first kappa shape index (κ1) is 8.25. The fourth-order valence-corrected chi connectivity index (χ4v) is 1.18. The highest BCUT2D eigenvalue weighted by atomic mass is 19.1. The smallest absolute Gasteiger partial charge is 0.119 e. The summed E-state index contributed by atoms with van der Waals surface area (Å²) in [6.07, 6.45) is 11.0. The zero-order valence-corrected chi connectivity index (χ0v) is 6.76. The molecule has 1 unspecified atom stereocenters. The average Bonchev–Trinajstić information content (AvgIpc) is 2.15. The molecule has 0 saturated carbocycles. The lowest BCUT2D eigenvalue weighted by Crippen LogP contribution is -1.89. The van der Waals surface area contributed by atoms with Crippen molar-refractivity contribution >= 4 is 0 Å². The zero-order chi connectivity index (χ0) is 8.10. The Morgan fingerprint density at radius 2 is 2.27 bits per heavy atom. The first-order valence-corrected chi connectivity index (χ1v) is 4.05. The summed E-state index contributed by atoms with van der Waals surface area (Å²) in [4.78, 5) is 0. The predicted molar refractivity (Wildman–Crippen MR) is 45.9 cm³/mol. The molecule has 1 heteroatoms. The molecule has 0 aliphatic heterocycles. The Kier molecular flexibility index (Phi) is 3.09. The molecule has 0 amide bonds. The van der Waals surface area contributed by atoms with Gasteiger partial charge in [-0.2, -0.15) is 0 Å². The molecule has 0 aromatic rings. The number of hydrogen-bond acceptors (Lipinski definition) is 0. The molecule has 0 fully saturated rings. The van der Waals surface area contributed by atoms with Crippen molar-refractivity contribution in [1.29, 1.82) is 0 Å². The molecule has 0 saturated heterocycles. The van der Waals surface area contributed by atoms with Crippen LogP contribution in [0.1, 0.15) is 19.8 Å². The van der Waals surface area contributed by atoms with E-state index in [9.17, 15) is 4.39 Å². The van der Waals surface area contributed by atoms with E-state index in [0.717, 1.165) is 12.8 Å². The molecular weight excluding hydrogens is 139 g/mol. The topological polar surface area (TPSA) is 0 Å². The van der Waals surface area contributed by atoms with Crippen molar-refractivity contribution in [2.75, 3.05) is 0 Å². The van der Waals surface area contributed by atoms with Gasteiger partial charge < -0.3 is 0 Å². The molecule has 0 N–H and O–H groups in total. The molecule has 1 rings (SSSR count). The molecule has 1 aliphatic rings. The Bertz CT molecular complexity index is 199. The minimum atomic E-state index is -0.117. The van der Waals surface area contributed by atoms with Gasteiger partial charge in [-0.05, 0) is 24.5 Å². The van der Waals surface area contributed by atoms with Gasteiger partial charge in [-0.3, -0.25) is 0 Å². The van der Waals surface area contributed by atoms with Crippen LogP contribution in [0.2, 0.25) is 0 Å². The molecule has 1 aliphatic carbocycles. The molecule has 0 aromatic carbocycles. The quantitative estimate of drug-likeness (QED) is 0.569. The predicted octanol–water partition coefficient (Wildman–Crippen LogP) is 3.38. The van der Waals surface area contributed by atoms with E-state index in [1.807, 2.05) is 12.2 Å². The summed E-state index contributed by atoms with van der Waals surface area (Å²) in [5, 5.41) is 0. The third kappa shape index (κ3) is 2.71. The van der Waals surface area contributed by atoms with Crippen LogP contribution in [0.25, 0.3) is 0 Å². The van der Waals surface area contributed by atoms with Gasteiger partial charge in [-0.25, -0.2) is 4.39 Å². The largest absolute Gasteiger partial charge is 0.207 e. The van der Waals surface area contributed by atoms with Crippen LogP contribution in [-0.4, -0.2) is 0 Å². The lowest BCUT2D eigenvalue weighted by atomic mass is 10.0. The second kappa shape index (κ2) is 4.12. The molecule has 0 radical (unpaired) electrons. The van der Waals surface area contributed by atoms with Gasteiger partial charge in [0, 0.05) is 0 Å². The van der Waals surface area contributed by atoms with Crippen molar-refractivity contribution < 1.29 is 4.39 Å². The summed E-state index contributed by atoms with van der Waals surface area (Å²) in [6, 6.07) is 0. The van der Waals surface area contributed by atoms with Crippen LogP contribution in [0.4, 0.5) is 4.39 Å². The summed E-state index contributed by atoms with van der Waals surface area (Å²) in [5.41, 5.74) is 0. The van der Waals surface area contributed by atoms with Gasteiger partial charge in [0.05, 0.1) is 0 Å². The number of halogens is 1. The van der Waals surface area contributed by atoms with Gasteiger partial charge in [0.1, 0.15) is 5.83 Å². The second-order valence-electron chi connectivity index (χ2n) is 2.75. The highest BCUT2D eigenvalue weighted by molar-refractivity contribution is 5.23. The molecule has 0 bridgehead atoms. The monoisotopic (exact) mass is 152 g/mol. The van der Waals surface area contributed by atoms with Crippen LogP contribution in [0.15, 0.2) is 36.2 Å². The first-order chi connectivity index (χ1) is 5.33. The second-order valence-corrected chi connectivity index (χ2v) is 2.75. The number of rotatable bonds is 2. The third-order valence-electron chi connectivity index (χ3n) is 1.72. The normalized spacial score (nSPS) is 23.1. The van der Waals surface area contributed by atoms with Crippen molar-refractivity contribution in [2.24, 2.45) is 5.92 Å². The van der Waals surface area contributed by atoms with Gasteiger partial charge in [0.25, 0.3) is 0 Å². The number of allylic oxidation sites excluding steroid dienone is 6. The van der Waals surface area contributed by atoms with Gasteiger partial charge in [0.2, 0.25) is 0 Å². The van der Waals surface area contributed by atoms with E-state index in [1.165, 1.54) is 6.08 Å². The van der Waals surface area contributed by atoms with Crippen LogP contribution in [0.5, 0.6) is 0 Å². The highest BCUT2D eigenvalue weighted by Crippen LogP contribution is 2.16.